The molecule has 0 saturated heterocycles. The number of amides is 1. The van der Waals surface area contributed by atoms with Crippen molar-refractivity contribution in [2.75, 3.05) is 11.4 Å². The molecule has 0 radical (unpaired) electrons. The Morgan fingerprint density at radius 3 is 2.78 bits per heavy atom. The lowest BCUT2D eigenvalue weighted by molar-refractivity contribution is -0.145. The minimum absolute atomic E-state index is 0.0922. The van der Waals surface area contributed by atoms with Crippen LogP contribution in [0.3, 0.4) is 0 Å². The van der Waals surface area contributed by atoms with Crippen molar-refractivity contribution in [1.82, 2.24) is 0 Å². The molecule has 5 nitrogen and oxygen atoms in total. The molecule has 0 bridgehead atoms. The molecule has 2 unspecified atom stereocenters. The summed E-state index contributed by atoms with van der Waals surface area (Å²) in [6, 6.07) is 7.28. The molecule has 1 aromatic rings. The average Bonchev–Trinajstić information content (AvgIpc) is 2.38. The number of carbonyl (C=O) groups excluding carboxylic acids is 1. The molecule has 1 heterocycles. The van der Waals surface area contributed by atoms with Gasteiger partial charge in [-0.2, -0.15) is 0 Å². The van der Waals surface area contributed by atoms with Crippen molar-refractivity contribution in [2.45, 2.75) is 19.4 Å². The molecule has 0 aromatic heterocycles. The zero-order chi connectivity index (χ0) is 13.3. The SMILES string of the molecule is CC(C(=O)O)C(=O)N1CCC(N)c2ccccc21. The first kappa shape index (κ1) is 12.6. The van der Waals surface area contributed by atoms with E-state index in [1.807, 2.05) is 18.2 Å². The van der Waals surface area contributed by atoms with E-state index in [4.69, 9.17) is 10.8 Å². The fraction of sp³-hybridized carbons (Fsp3) is 0.385. The number of anilines is 1. The fourth-order valence-corrected chi connectivity index (χ4v) is 2.16. The number of carboxylic acid groups (broad SMARTS) is 1. The van der Waals surface area contributed by atoms with Crippen molar-refractivity contribution in [3.63, 3.8) is 0 Å². The number of rotatable bonds is 2. The molecule has 1 aliphatic heterocycles. The largest absolute Gasteiger partial charge is 0.481 e. The van der Waals surface area contributed by atoms with Crippen LogP contribution in [0.4, 0.5) is 5.69 Å². The normalized spacial score (nSPS) is 20.1. The quantitative estimate of drug-likeness (QED) is 0.769. The Morgan fingerprint density at radius 1 is 1.44 bits per heavy atom. The third kappa shape index (κ3) is 2.09. The Kier molecular flexibility index (Phi) is 3.34. The topological polar surface area (TPSA) is 83.6 Å². The Labute approximate surface area is 105 Å². The van der Waals surface area contributed by atoms with Crippen LogP contribution < -0.4 is 10.6 Å². The molecular weight excluding hydrogens is 232 g/mol. The van der Waals surface area contributed by atoms with E-state index in [1.165, 1.54) is 11.8 Å². The van der Waals surface area contributed by atoms with Crippen LogP contribution in [0.1, 0.15) is 24.9 Å². The number of para-hydroxylation sites is 1. The van der Waals surface area contributed by atoms with Gasteiger partial charge in [0.15, 0.2) is 0 Å². The van der Waals surface area contributed by atoms with E-state index in [1.54, 1.807) is 6.07 Å². The van der Waals surface area contributed by atoms with Gasteiger partial charge in [0, 0.05) is 18.3 Å². The molecular formula is C13H16N2O3. The predicted molar refractivity (Wildman–Crippen MR) is 67.1 cm³/mol. The monoisotopic (exact) mass is 248 g/mol. The summed E-state index contributed by atoms with van der Waals surface area (Å²) in [6.45, 7) is 1.87. The van der Waals surface area contributed by atoms with Crippen LogP contribution in [0.5, 0.6) is 0 Å². The number of benzene rings is 1. The summed E-state index contributed by atoms with van der Waals surface area (Å²) in [5.74, 6) is -2.53. The van der Waals surface area contributed by atoms with E-state index in [9.17, 15) is 9.59 Å². The van der Waals surface area contributed by atoms with Crippen molar-refractivity contribution in [1.29, 1.82) is 0 Å². The molecule has 1 aliphatic rings. The smallest absolute Gasteiger partial charge is 0.315 e. The summed E-state index contributed by atoms with van der Waals surface area (Å²) in [5.41, 5.74) is 7.62. The van der Waals surface area contributed by atoms with Crippen LogP contribution >= 0.6 is 0 Å². The van der Waals surface area contributed by atoms with Gasteiger partial charge in [-0.15, -0.1) is 0 Å². The van der Waals surface area contributed by atoms with Gasteiger partial charge >= 0.3 is 5.97 Å². The molecule has 5 heteroatoms. The predicted octanol–water partition coefficient (Wildman–Crippen LogP) is 1.14. The fourth-order valence-electron chi connectivity index (χ4n) is 2.16. The van der Waals surface area contributed by atoms with Gasteiger partial charge in [-0.3, -0.25) is 9.59 Å². The molecule has 0 aliphatic carbocycles. The number of aliphatic carboxylic acids is 1. The zero-order valence-corrected chi connectivity index (χ0v) is 10.2. The minimum atomic E-state index is -1.10. The van der Waals surface area contributed by atoms with Crippen molar-refractivity contribution >= 4 is 17.6 Å². The van der Waals surface area contributed by atoms with E-state index < -0.39 is 11.9 Å². The summed E-state index contributed by atoms with van der Waals surface area (Å²) in [5, 5.41) is 8.91. The third-order valence-corrected chi connectivity index (χ3v) is 3.30. The molecule has 0 fully saturated rings. The molecule has 2 atom stereocenters. The number of nitrogens with zero attached hydrogens (tertiary/aromatic N) is 1. The first-order valence-electron chi connectivity index (χ1n) is 5.91. The molecule has 0 spiro atoms. The number of hydrogen-bond acceptors (Lipinski definition) is 3. The summed E-state index contributed by atoms with van der Waals surface area (Å²) in [4.78, 5) is 24.5. The average molecular weight is 248 g/mol. The van der Waals surface area contributed by atoms with Gasteiger partial charge in [0.1, 0.15) is 5.92 Å². The molecule has 2 rings (SSSR count). The maximum atomic E-state index is 12.1. The zero-order valence-electron chi connectivity index (χ0n) is 10.2. The maximum Gasteiger partial charge on any atom is 0.315 e. The van der Waals surface area contributed by atoms with Crippen LogP contribution in [-0.2, 0) is 9.59 Å². The Hall–Kier alpha value is -1.88. The maximum absolute atomic E-state index is 12.1. The van der Waals surface area contributed by atoms with E-state index in [2.05, 4.69) is 0 Å². The van der Waals surface area contributed by atoms with E-state index in [0.29, 0.717) is 13.0 Å². The number of carboxylic acids is 1. The summed E-state index contributed by atoms with van der Waals surface area (Å²) in [6.07, 6.45) is 0.648. The lowest BCUT2D eigenvalue weighted by Gasteiger charge is -2.33. The Bertz CT molecular complexity index is 487. The van der Waals surface area contributed by atoms with Gasteiger partial charge in [0.2, 0.25) is 5.91 Å². The highest BCUT2D eigenvalue weighted by molar-refractivity contribution is 6.05. The van der Waals surface area contributed by atoms with Gasteiger partial charge in [0.05, 0.1) is 0 Å². The van der Waals surface area contributed by atoms with Gasteiger partial charge < -0.3 is 15.7 Å². The molecule has 1 amide bonds. The summed E-state index contributed by atoms with van der Waals surface area (Å²) in [7, 11) is 0. The lowest BCUT2D eigenvalue weighted by Crippen LogP contribution is -2.43. The molecule has 3 N–H and O–H groups in total. The number of carbonyl (C=O) groups is 2. The van der Waals surface area contributed by atoms with Crippen molar-refractivity contribution in [3.05, 3.63) is 29.8 Å². The van der Waals surface area contributed by atoms with Crippen molar-refractivity contribution in [3.8, 4) is 0 Å². The van der Waals surface area contributed by atoms with Crippen LogP contribution in [-0.4, -0.2) is 23.5 Å². The van der Waals surface area contributed by atoms with Crippen molar-refractivity contribution in [2.24, 2.45) is 11.7 Å². The Morgan fingerprint density at radius 2 is 2.11 bits per heavy atom. The van der Waals surface area contributed by atoms with E-state index in [-0.39, 0.29) is 11.9 Å². The first-order valence-corrected chi connectivity index (χ1v) is 5.91. The lowest BCUT2D eigenvalue weighted by atomic mass is 9.96. The molecule has 0 saturated carbocycles. The minimum Gasteiger partial charge on any atom is -0.481 e. The molecule has 18 heavy (non-hydrogen) atoms. The second-order valence-corrected chi connectivity index (χ2v) is 4.50. The van der Waals surface area contributed by atoms with Crippen LogP contribution in [0.15, 0.2) is 24.3 Å². The Balaban J connectivity index is 2.34. The van der Waals surface area contributed by atoms with Gasteiger partial charge in [-0.25, -0.2) is 0 Å². The second-order valence-electron chi connectivity index (χ2n) is 4.50. The standard InChI is InChI=1S/C13H16N2O3/c1-8(13(17)18)12(16)15-7-6-10(14)9-4-2-3-5-11(9)15/h2-5,8,10H,6-7,14H2,1H3,(H,17,18). The number of nitrogens with two attached hydrogens (primary N) is 1. The van der Waals surface area contributed by atoms with Gasteiger partial charge in [-0.05, 0) is 25.0 Å². The number of fused-ring (bicyclic) bond motifs is 1. The van der Waals surface area contributed by atoms with E-state index in [0.717, 1.165) is 11.3 Å². The third-order valence-electron chi connectivity index (χ3n) is 3.30. The van der Waals surface area contributed by atoms with Gasteiger partial charge in [-0.1, -0.05) is 18.2 Å². The highest BCUT2D eigenvalue weighted by Crippen LogP contribution is 2.32. The summed E-state index contributed by atoms with van der Waals surface area (Å²) >= 11 is 0. The van der Waals surface area contributed by atoms with Crippen LogP contribution in [0.25, 0.3) is 0 Å². The van der Waals surface area contributed by atoms with Crippen molar-refractivity contribution < 1.29 is 14.7 Å². The first-order chi connectivity index (χ1) is 8.52. The highest BCUT2D eigenvalue weighted by atomic mass is 16.4. The molecule has 96 valence electrons. The van der Waals surface area contributed by atoms with Gasteiger partial charge in [0.25, 0.3) is 0 Å². The number of hydrogen-bond donors (Lipinski definition) is 2. The van der Waals surface area contributed by atoms with E-state index >= 15 is 0 Å². The molecule has 1 aromatic carbocycles. The van der Waals surface area contributed by atoms with Crippen LogP contribution in [0.2, 0.25) is 0 Å². The van der Waals surface area contributed by atoms with Crippen LogP contribution in [0, 0.1) is 5.92 Å². The summed E-state index contributed by atoms with van der Waals surface area (Å²) < 4.78 is 0. The second kappa shape index (κ2) is 4.78. The highest BCUT2D eigenvalue weighted by Gasteiger charge is 2.31.